The molecule has 0 spiro atoms. The Hall–Kier alpha value is -3.98. The summed E-state index contributed by atoms with van der Waals surface area (Å²) in [6, 6.07) is 23.3. The number of hydrogen-bond donors (Lipinski definition) is 1. The maximum absolute atomic E-state index is 13.2. The van der Waals surface area contributed by atoms with E-state index in [0.29, 0.717) is 24.1 Å². The third-order valence-corrected chi connectivity index (χ3v) is 5.08. The summed E-state index contributed by atoms with van der Waals surface area (Å²) < 4.78 is 51.8. The average Bonchev–Trinajstić information content (AvgIpc) is 3.27. The highest BCUT2D eigenvalue weighted by atomic mass is 35.5. The maximum Gasteiger partial charge on any atom is 0.435 e. The van der Waals surface area contributed by atoms with E-state index in [9.17, 15) is 18.0 Å². The molecule has 0 saturated heterocycles. The number of nitrogens with zero attached hydrogens (tertiary/aromatic N) is 2. The molecule has 1 aromatic heterocycles. The summed E-state index contributed by atoms with van der Waals surface area (Å²) in [5, 5.41) is 6.37. The smallest absolute Gasteiger partial charge is 0.435 e. The average molecular weight is 502 g/mol. The van der Waals surface area contributed by atoms with Gasteiger partial charge in [0.25, 0.3) is 5.91 Å². The Bertz CT molecular complexity index is 1310. The van der Waals surface area contributed by atoms with E-state index in [1.807, 2.05) is 30.3 Å². The van der Waals surface area contributed by atoms with Crippen molar-refractivity contribution in [3.63, 3.8) is 0 Å². The molecular weight excluding hydrogens is 483 g/mol. The van der Waals surface area contributed by atoms with Crippen LogP contribution in [0.25, 0.3) is 5.69 Å². The Kier molecular flexibility index (Phi) is 7.26. The molecule has 1 N–H and O–H groups in total. The molecule has 4 aromatic rings. The van der Waals surface area contributed by atoms with E-state index in [1.54, 1.807) is 36.4 Å². The Morgan fingerprint density at radius 1 is 0.943 bits per heavy atom. The quantitative estimate of drug-likeness (QED) is 0.315. The zero-order valence-corrected chi connectivity index (χ0v) is 18.9. The predicted octanol–water partition coefficient (Wildman–Crippen LogP) is 6.14. The van der Waals surface area contributed by atoms with E-state index >= 15 is 0 Å². The van der Waals surface area contributed by atoms with Crippen molar-refractivity contribution in [2.24, 2.45) is 0 Å². The summed E-state index contributed by atoms with van der Waals surface area (Å²) >= 11 is 6.12. The number of anilines is 1. The second-order valence-electron chi connectivity index (χ2n) is 7.37. The first-order valence-corrected chi connectivity index (χ1v) is 10.8. The van der Waals surface area contributed by atoms with Gasteiger partial charge >= 0.3 is 6.18 Å². The van der Waals surface area contributed by atoms with Crippen molar-refractivity contribution in [1.82, 2.24) is 9.78 Å². The van der Waals surface area contributed by atoms with Gasteiger partial charge in [-0.2, -0.15) is 23.0 Å². The first-order chi connectivity index (χ1) is 16.8. The molecule has 0 radical (unpaired) electrons. The highest BCUT2D eigenvalue weighted by molar-refractivity contribution is 6.32. The minimum Gasteiger partial charge on any atom is -0.489 e. The van der Waals surface area contributed by atoms with Crippen LogP contribution in [0.15, 0.2) is 84.9 Å². The maximum atomic E-state index is 13.2. The second kappa shape index (κ2) is 10.5. The molecule has 0 aliphatic heterocycles. The fourth-order valence-electron chi connectivity index (χ4n) is 3.14. The number of para-hydroxylation sites is 1. The molecule has 1 heterocycles. The van der Waals surface area contributed by atoms with Crippen molar-refractivity contribution < 1.29 is 27.4 Å². The highest BCUT2D eigenvalue weighted by Gasteiger charge is 2.36. The van der Waals surface area contributed by atoms with Gasteiger partial charge in [-0.15, -0.1) is 0 Å². The monoisotopic (exact) mass is 501 g/mol. The molecule has 10 heteroatoms. The van der Waals surface area contributed by atoms with E-state index in [2.05, 4.69) is 10.4 Å². The van der Waals surface area contributed by atoms with E-state index in [0.717, 1.165) is 10.2 Å². The lowest BCUT2D eigenvalue weighted by Gasteiger charge is -2.11. The molecule has 0 fully saturated rings. The van der Waals surface area contributed by atoms with Gasteiger partial charge < -0.3 is 14.8 Å². The number of nitrogens with one attached hydrogen (secondary N) is 1. The van der Waals surface area contributed by atoms with E-state index in [-0.39, 0.29) is 16.6 Å². The van der Waals surface area contributed by atoms with Gasteiger partial charge in [0.05, 0.1) is 10.7 Å². The number of carbonyl (C=O) groups is 1. The van der Waals surface area contributed by atoms with E-state index < -0.39 is 24.4 Å². The number of carbonyl (C=O) groups excluding carboxylic acids is 1. The standard InChI is InChI=1S/C25H19ClF3N3O3/c26-20-11-4-5-12-21(20)32-24(14-22(31-32)25(27,28)29)35-16-23(33)30-18-9-6-10-19(13-18)34-15-17-7-2-1-3-8-17/h1-14H,15-16H2,(H,30,33). The van der Waals surface area contributed by atoms with Crippen LogP contribution in [-0.4, -0.2) is 22.3 Å². The molecule has 0 unspecified atom stereocenters. The normalized spacial score (nSPS) is 11.2. The Labute approximate surface area is 203 Å². The lowest BCUT2D eigenvalue weighted by atomic mass is 10.2. The van der Waals surface area contributed by atoms with Crippen LogP contribution in [-0.2, 0) is 17.6 Å². The summed E-state index contributed by atoms with van der Waals surface area (Å²) in [5.41, 5.74) is 0.447. The molecule has 0 aliphatic carbocycles. The number of ether oxygens (including phenoxy) is 2. The van der Waals surface area contributed by atoms with Crippen LogP contribution in [0.3, 0.4) is 0 Å². The summed E-state index contributed by atoms with van der Waals surface area (Å²) in [7, 11) is 0. The van der Waals surface area contributed by atoms with Gasteiger partial charge in [0.15, 0.2) is 12.3 Å². The van der Waals surface area contributed by atoms with Crippen molar-refractivity contribution in [3.8, 4) is 17.3 Å². The van der Waals surface area contributed by atoms with Crippen molar-refractivity contribution in [3.05, 3.63) is 101 Å². The molecule has 6 nitrogen and oxygen atoms in total. The number of amides is 1. The number of aromatic nitrogens is 2. The molecule has 0 saturated carbocycles. The molecule has 0 bridgehead atoms. The molecule has 3 aromatic carbocycles. The van der Waals surface area contributed by atoms with Gasteiger partial charge in [-0.3, -0.25) is 4.79 Å². The summed E-state index contributed by atoms with van der Waals surface area (Å²) in [4.78, 5) is 12.4. The van der Waals surface area contributed by atoms with Crippen LogP contribution in [0.2, 0.25) is 5.02 Å². The van der Waals surface area contributed by atoms with Gasteiger partial charge in [0.2, 0.25) is 5.88 Å². The van der Waals surface area contributed by atoms with E-state index in [1.165, 1.54) is 12.1 Å². The molecular formula is C25H19ClF3N3O3. The SMILES string of the molecule is O=C(COc1cc(C(F)(F)F)nn1-c1ccccc1Cl)Nc1cccc(OCc2ccccc2)c1. The second-order valence-corrected chi connectivity index (χ2v) is 7.77. The van der Waals surface area contributed by atoms with Crippen molar-refractivity contribution in [1.29, 1.82) is 0 Å². The largest absolute Gasteiger partial charge is 0.489 e. The molecule has 0 aliphatic rings. The third kappa shape index (κ3) is 6.33. The van der Waals surface area contributed by atoms with Crippen molar-refractivity contribution >= 4 is 23.2 Å². The lowest BCUT2D eigenvalue weighted by Crippen LogP contribution is -2.21. The minimum atomic E-state index is -4.70. The van der Waals surface area contributed by atoms with Gasteiger partial charge in [0.1, 0.15) is 12.4 Å². The first-order valence-electron chi connectivity index (χ1n) is 10.4. The number of rotatable bonds is 8. The first kappa shape index (κ1) is 24.2. The van der Waals surface area contributed by atoms with Crippen LogP contribution in [0.5, 0.6) is 11.6 Å². The van der Waals surface area contributed by atoms with Gasteiger partial charge in [0, 0.05) is 17.8 Å². The van der Waals surface area contributed by atoms with Crippen LogP contribution < -0.4 is 14.8 Å². The van der Waals surface area contributed by atoms with Gasteiger partial charge in [-0.25, -0.2) is 0 Å². The molecule has 0 atom stereocenters. The van der Waals surface area contributed by atoms with Crippen molar-refractivity contribution in [2.75, 3.05) is 11.9 Å². The Morgan fingerprint density at radius 2 is 1.69 bits per heavy atom. The summed E-state index contributed by atoms with van der Waals surface area (Å²) in [5.74, 6) is -0.314. The number of benzene rings is 3. The third-order valence-electron chi connectivity index (χ3n) is 4.77. The molecule has 180 valence electrons. The summed E-state index contributed by atoms with van der Waals surface area (Å²) in [6.07, 6.45) is -4.70. The Morgan fingerprint density at radius 3 is 2.43 bits per heavy atom. The number of alkyl halides is 3. The van der Waals surface area contributed by atoms with Crippen LogP contribution in [0.4, 0.5) is 18.9 Å². The molecule has 1 amide bonds. The zero-order chi connectivity index (χ0) is 24.8. The van der Waals surface area contributed by atoms with Crippen molar-refractivity contribution in [2.45, 2.75) is 12.8 Å². The van der Waals surface area contributed by atoms with Crippen LogP contribution in [0.1, 0.15) is 11.3 Å². The zero-order valence-electron chi connectivity index (χ0n) is 18.1. The molecule has 35 heavy (non-hydrogen) atoms. The molecule has 4 rings (SSSR count). The van der Waals surface area contributed by atoms with Crippen LogP contribution >= 0.6 is 11.6 Å². The fraction of sp³-hybridized carbons (Fsp3) is 0.120. The highest BCUT2D eigenvalue weighted by Crippen LogP contribution is 2.33. The Balaban J connectivity index is 1.42. The van der Waals surface area contributed by atoms with Crippen LogP contribution in [0, 0.1) is 0 Å². The van der Waals surface area contributed by atoms with E-state index in [4.69, 9.17) is 21.1 Å². The lowest BCUT2D eigenvalue weighted by molar-refractivity contribution is -0.141. The fourth-order valence-corrected chi connectivity index (χ4v) is 3.36. The number of hydrogen-bond acceptors (Lipinski definition) is 4. The predicted molar refractivity (Wildman–Crippen MR) is 125 cm³/mol. The summed E-state index contributed by atoms with van der Waals surface area (Å²) in [6.45, 7) is -0.197. The minimum absolute atomic E-state index is 0.172. The number of halogens is 4. The van der Waals surface area contributed by atoms with Gasteiger partial charge in [-0.1, -0.05) is 60.1 Å². The van der Waals surface area contributed by atoms with Gasteiger partial charge in [-0.05, 0) is 29.8 Å². The topological polar surface area (TPSA) is 65.4 Å².